The Hall–Kier alpha value is -1.84. The van der Waals surface area contributed by atoms with E-state index >= 15 is 0 Å². The third-order valence-electron chi connectivity index (χ3n) is 1.43. The highest BCUT2D eigenvalue weighted by Gasteiger charge is 2.01. The first kappa shape index (κ1) is 8.26. The molecule has 1 aromatic rings. The highest BCUT2D eigenvalue weighted by molar-refractivity contribution is 5.48. The molecule has 0 amide bonds. The molecule has 1 radical (unpaired) electrons. The molecule has 0 heterocycles. The molecule has 0 saturated heterocycles. The van der Waals surface area contributed by atoms with Crippen molar-refractivity contribution in [2.45, 2.75) is 0 Å². The molecule has 12 heavy (non-hydrogen) atoms. The van der Waals surface area contributed by atoms with E-state index in [2.05, 4.69) is 0 Å². The van der Waals surface area contributed by atoms with Crippen molar-refractivity contribution in [1.29, 1.82) is 10.5 Å². The first-order chi connectivity index (χ1) is 5.81. The molecular weight excluding hydrogens is 152 g/mol. The van der Waals surface area contributed by atoms with Crippen molar-refractivity contribution >= 4 is 0 Å². The molecule has 3 heteroatoms. The minimum absolute atomic E-state index is 0.278. The van der Waals surface area contributed by atoms with Crippen LogP contribution in [0.25, 0.3) is 0 Å². The maximum Gasteiger partial charge on any atom is 0.109 e. The molecule has 0 aliphatic rings. The molecule has 1 N–H and O–H groups in total. The lowest BCUT2D eigenvalue weighted by atomic mass is 10.1. The Kier molecular flexibility index (Phi) is 2.42. The van der Waals surface area contributed by atoms with Crippen molar-refractivity contribution in [3.63, 3.8) is 0 Å². The average Bonchev–Trinajstić information content (AvgIpc) is 2.16. The lowest BCUT2D eigenvalue weighted by Crippen LogP contribution is -1.86. The van der Waals surface area contributed by atoms with E-state index in [0.29, 0.717) is 11.1 Å². The number of hydrogen-bond acceptors (Lipinski definition) is 3. The Morgan fingerprint density at radius 1 is 1.17 bits per heavy atom. The van der Waals surface area contributed by atoms with E-state index < -0.39 is 0 Å². The van der Waals surface area contributed by atoms with Gasteiger partial charge in [0, 0.05) is 0 Å². The number of aliphatic hydroxyl groups excluding tert-OH is 1. The van der Waals surface area contributed by atoms with Crippen LogP contribution in [-0.2, 0) is 0 Å². The molecule has 3 nitrogen and oxygen atoms in total. The fraction of sp³-hybridized carbons (Fsp3) is 0. The second-order valence-electron chi connectivity index (χ2n) is 2.16. The molecule has 0 fully saturated rings. The Morgan fingerprint density at radius 3 is 2.33 bits per heavy atom. The number of benzene rings is 1. The normalized spacial score (nSPS) is 8.58. The lowest BCUT2D eigenvalue weighted by molar-refractivity contribution is 0.415. The van der Waals surface area contributed by atoms with Gasteiger partial charge in [0.2, 0.25) is 0 Å². The summed E-state index contributed by atoms with van der Waals surface area (Å²) in [5.74, 6) is 0. The minimum Gasteiger partial charge on any atom is -0.385 e. The van der Waals surface area contributed by atoms with E-state index in [1.807, 2.05) is 12.1 Å². The molecule has 0 spiro atoms. The lowest BCUT2D eigenvalue weighted by Gasteiger charge is -1.96. The van der Waals surface area contributed by atoms with E-state index in [9.17, 15) is 0 Å². The largest absolute Gasteiger partial charge is 0.385 e. The molecular formula is C9H5N2O. The van der Waals surface area contributed by atoms with Gasteiger partial charge >= 0.3 is 0 Å². The van der Waals surface area contributed by atoms with Gasteiger partial charge in [0.15, 0.2) is 0 Å². The van der Waals surface area contributed by atoms with E-state index in [1.165, 1.54) is 12.1 Å². The first-order valence-electron chi connectivity index (χ1n) is 3.23. The fourth-order valence-corrected chi connectivity index (χ4v) is 0.832. The SMILES string of the molecule is N#Cc1ccc([CH]O)cc1C#N. The number of nitrogens with zero attached hydrogens (tertiary/aromatic N) is 2. The van der Waals surface area contributed by atoms with Crippen LogP contribution in [0.2, 0.25) is 0 Å². The Balaban J connectivity index is 3.25. The van der Waals surface area contributed by atoms with Crippen LogP contribution in [0.15, 0.2) is 18.2 Å². The molecule has 0 aromatic heterocycles. The van der Waals surface area contributed by atoms with Gasteiger partial charge in [-0.15, -0.1) is 0 Å². The number of aliphatic hydroxyl groups is 1. The zero-order chi connectivity index (χ0) is 8.97. The summed E-state index contributed by atoms with van der Waals surface area (Å²) in [5.41, 5.74) is 1.12. The predicted molar refractivity (Wildman–Crippen MR) is 41.2 cm³/mol. The zero-order valence-electron chi connectivity index (χ0n) is 6.15. The maximum absolute atomic E-state index is 8.60. The molecule has 1 aromatic carbocycles. The van der Waals surface area contributed by atoms with Crippen LogP contribution < -0.4 is 0 Å². The Bertz CT molecular complexity index is 371. The second kappa shape index (κ2) is 3.52. The van der Waals surface area contributed by atoms with Crippen LogP contribution in [0.1, 0.15) is 16.7 Å². The number of nitriles is 2. The van der Waals surface area contributed by atoms with Crippen LogP contribution in [0.5, 0.6) is 0 Å². The van der Waals surface area contributed by atoms with Gasteiger partial charge < -0.3 is 5.11 Å². The summed E-state index contributed by atoms with van der Waals surface area (Å²) in [5, 5.41) is 25.7. The molecule has 0 bridgehead atoms. The van der Waals surface area contributed by atoms with Crippen molar-refractivity contribution in [1.82, 2.24) is 0 Å². The van der Waals surface area contributed by atoms with Crippen molar-refractivity contribution < 1.29 is 5.11 Å². The van der Waals surface area contributed by atoms with Gasteiger partial charge in [-0.2, -0.15) is 10.5 Å². The molecule has 0 unspecified atom stereocenters. The van der Waals surface area contributed by atoms with E-state index in [1.54, 1.807) is 6.07 Å². The monoisotopic (exact) mass is 157 g/mol. The Labute approximate surface area is 70.1 Å². The standard InChI is InChI=1S/C9H5N2O/c10-4-8-2-1-7(6-12)3-9(8)5-11/h1-3,6,12H. The van der Waals surface area contributed by atoms with Gasteiger partial charge in [0.05, 0.1) is 11.1 Å². The predicted octanol–water partition coefficient (Wildman–Crippen LogP) is 1.31. The minimum atomic E-state index is 0.278. The summed E-state index contributed by atoms with van der Waals surface area (Å²) < 4.78 is 0. The van der Waals surface area contributed by atoms with Gasteiger partial charge in [0.1, 0.15) is 18.7 Å². The average molecular weight is 157 g/mol. The quantitative estimate of drug-likeness (QED) is 0.668. The summed E-state index contributed by atoms with van der Waals surface area (Å²) >= 11 is 0. The van der Waals surface area contributed by atoms with Gasteiger partial charge in [-0.3, -0.25) is 0 Å². The second-order valence-corrected chi connectivity index (χ2v) is 2.16. The molecule has 0 aliphatic heterocycles. The summed E-state index contributed by atoms with van der Waals surface area (Å²) in [7, 11) is 0. The summed E-state index contributed by atoms with van der Waals surface area (Å²) in [4.78, 5) is 0. The molecule has 0 atom stereocenters. The fourth-order valence-electron chi connectivity index (χ4n) is 0.832. The Morgan fingerprint density at radius 2 is 1.83 bits per heavy atom. The van der Waals surface area contributed by atoms with Gasteiger partial charge in [-0.05, 0) is 17.7 Å². The van der Waals surface area contributed by atoms with E-state index in [-0.39, 0.29) is 5.56 Å². The van der Waals surface area contributed by atoms with Crippen molar-refractivity contribution in [2.24, 2.45) is 0 Å². The highest BCUT2D eigenvalue weighted by atomic mass is 16.3. The van der Waals surface area contributed by atoms with E-state index in [0.717, 1.165) is 6.61 Å². The van der Waals surface area contributed by atoms with Crippen LogP contribution in [0.3, 0.4) is 0 Å². The third kappa shape index (κ3) is 1.42. The highest BCUT2D eigenvalue weighted by Crippen LogP contribution is 2.10. The molecule has 1 rings (SSSR count). The van der Waals surface area contributed by atoms with Crippen molar-refractivity contribution in [3.05, 3.63) is 41.5 Å². The summed E-state index contributed by atoms with van der Waals surface area (Å²) in [6.07, 6.45) is 0. The van der Waals surface area contributed by atoms with E-state index in [4.69, 9.17) is 15.6 Å². The maximum atomic E-state index is 8.60. The van der Waals surface area contributed by atoms with Gasteiger partial charge in [0.25, 0.3) is 0 Å². The van der Waals surface area contributed by atoms with Crippen LogP contribution in [-0.4, -0.2) is 5.11 Å². The van der Waals surface area contributed by atoms with Crippen LogP contribution in [0.4, 0.5) is 0 Å². The summed E-state index contributed by atoms with van der Waals surface area (Å²) in [6.45, 7) is 0.891. The molecule has 0 aliphatic carbocycles. The zero-order valence-corrected chi connectivity index (χ0v) is 6.15. The van der Waals surface area contributed by atoms with Gasteiger partial charge in [-0.25, -0.2) is 0 Å². The number of hydrogen-bond donors (Lipinski definition) is 1. The third-order valence-corrected chi connectivity index (χ3v) is 1.43. The van der Waals surface area contributed by atoms with Gasteiger partial charge in [-0.1, -0.05) is 6.07 Å². The van der Waals surface area contributed by atoms with Crippen molar-refractivity contribution in [3.8, 4) is 12.1 Å². The topological polar surface area (TPSA) is 67.8 Å². The van der Waals surface area contributed by atoms with Crippen LogP contribution >= 0.6 is 0 Å². The summed E-state index contributed by atoms with van der Waals surface area (Å²) in [6, 6.07) is 8.27. The smallest absolute Gasteiger partial charge is 0.109 e. The molecule has 57 valence electrons. The van der Waals surface area contributed by atoms with Crippen molar-refractivity contribution in [2.75, 3.05) is 0 Å². The molecule has 0 saturated carbocycles. The van der Waals surface area contributed by atoms with Crippen LogP contribution in [0, 0.1) is 29.3 Å². The number of rotatable bonds is 1. The first-order valence-corrected chi connectivity index (χ1v) is 3.23.